The van der Waals surface area contributed by atoms with Gasteiger partial charge in [0.05, 0.1) is 32.8 Å². The van der Waals surface area contributed by atoms with Crippen LogP contribution in [0.15, 0.2) is 107 Å². The quantitative estimate of drug-likeness (QED) is 0.108. The van der Waals surface area contributed by atoms with Crippen LogP contribution >= 0.6 is 46.4 Å². The van der Waals surface area contributed by atoms with Gasteiger partial charge in [0.25, 0.3) is 11.1 Å². The van der Waals surface area contributed by atoms with Gasteiger partial charge in [0.2, 0.25) is 0 Å². The molecule has 2 aliphatic carbocycles. The molecular weight excluding hydrogens is 918 g/mol. The molecule has 0 N–H and O–H groups in total. The van der Waals surface area contributed by atoms with Crippen LogP contribution in [-0.4, -0.2) is 41.9 Å². The van der Waals surface area contributed by atoms with Crippen molar-refractivity contribution in [3.8, 4) is 0 Å². The molecule has 66 heavy (non-hydrogen) atoms. The highest BCUT2D eigenvalue weighted by Gasteiger charge is 2.34. The van der Waals surface area contributed by atoms with Crippen molar-refractivity contribution >= 4 is 168 Å². The lowest BCUT2D eigenvalue weighted by Crippen LogP contribution is -2.21. The molecule has 13 aromatic rings. The predicted molar refractivity (Wildman–Crippen MR) is 257 cm³/mol. The van der Waals surface area contributed by atoms with Gasteiger partial charge in [-0.2, -0.15) is 0 Å². The molecule has 0 aliphatic heterocycles. The van der Waals surface area contributed by atoms with E-state index in [4.69, 9.17) is 56.4 Å². The molecule has 14 heteroatoms. The average molecular weight is 935 g/mol. The highest BCUT2D eigenvalue weighted by atomic mass is 35.5. The normalized spacial score (nSPS) is 14.0. The Labute approximate surface area is 385 Å². The molecule has 9 aromatic carbocycles. The number of pyridine rings is 2. The fourth-order valence-electron chi connectivity index (χ4n) is 11.2. The highest BCUT2D eigenvalue weighted by molar-refractivity contribution is 6.56. The second kappa shape index (κ2) is 11.8. The summed E-state index contributed by atoms with van der Waals surface area (Å²) < 4.78 is 2.83. The third-order valence-corrected chi connectivity index (χ3v) is 15.1. The second-order valence-electron chi connectivity index (χ2n) is 17.0. The molecule has 0 amide bonds. The third-order valence-electron chi connectivity index (χ3n) is 13.9. The van der Waals surface area contributed by atoms with Crippen LogP contribution in [0.5, 0.6) is 0 Å². The van der Waals surface area contributed by atoms with Crippen molar-refractivity contribution in [2.75, 3.05) is 0 Å². The Morgan fingerprint density at radius 2 is 0.636 bits per heavy atom. The van der Waals surface area contributed by atoms with Crippen molar-refractivity contribution in [2.45, 2.75) is 0 Å². The van der Waals surface area contributed by atoms with E-state index in [1.165, 1.54) is 8.80 Å². The van der Waals surface area contributed by atoms with E-state index in [0.717, 1.165) is 0 Å². The van der Waals surface area contributed by atoms with E-state index in [0.29, 0.717) is 87.1 Å². The van der Waals surface area contributed by atoms with Gasteiger partial charge in [0, 0.05) is 118 Å². The van der Waals surface area contributed by atoms with Crippen molar-refractivity contribution < 1.29 is 19.2 Å². The predicted octanol–water partition coefficient (Wildman–Crippen LogP) is 11.4. The molecule has 0 bridgehead atoms. The van der Waals surface area contributed by atoms with Crippen molar-refractivity contribution in [2.24, 2.45) is 0 Å². The first-order chi connectivity index (χ1) is 31.9. The number of rotatable bonds is 0. The fourth-order valence-corrected chi connectivity index (χ4v) is 12.4. The van der Waals surface area contributed by atoms with Crippen LogP contribution in [0.3, 0.4) is 0 Å². The summed E-state index contributed by atoms with van der Waals surface area (Å²) >= 11 is 29.5. The summed E-state index contributed by atoms with van der Waals surface area (Å²) in [6.45, 7) is 0. The summed E-state index contributed by atoms with van der Waals surface area (Å²) in [4.78, 5) is 94.6. The molecule has 0 radical (unpaired) electrons. The van der Waals surface area contributed by atoms with Crippen molar-refractivity contribution in [3.63, 3.8) is 0 Å². The van der Waals surface area contributed by atoms with Gasteiger partial charge in [-0.3, -0.25) is 37.6 Å². The van der Waals surface area contributed by atoms with Gasteiger partial charge in [-0.05, 0) is 48.5 Å². The number of aromatic nitrogens is 4. The third kappa shape index (κ3) is 4.06. The smallest absolute Gasteiger partial charge is 0.264 e. The SMILES string of the molecule is O=C1c2ccccc2C(=O)c2cc3c(cc21)nc1c2cc(Cl)c4c5c(Cl)cc6c7c(cc(Cl)c(c8c(Cl)cc(c(=O)n31)c2c84)c57)c(=O)n1c2cc3c(cc2nc61)C(=O)c1ccccc1C3=O. The zero-order chi connectivity index (χ0) is 44.7. The van der Waals surface area contributed by atoms with Crippen LogP contribution in [-0.2, 0) is 0 Å². The number of hydrogen-bond acceptors (Lipinski definition) is 8. The molecular formula is C52H16Cl4N4O6. The summed E-state index contributed by atoms with van der Waals surface area (Å²) in [5.74, 6) is -1.31. The summed E-state index contributed by atoms with van der Waals surface area (Å²) in [7, 11) is 0. The van der Waals surface area contributed by atoms with Crippen molar-refractivity contribution in [1.82, 2.24) is 18.8 Å². The van der Waals surface area contributed by atoms with Crippen LogP contribution in [0.25, 0.3) is 98.0 Å². The lowest BCUT2D eigenvalue weighted by atomic mass is 9.84. The van der Waals surface area contributed by atoms with E-state index in [1.807, 2.05) is 0 Å². The molecule has 0 saturated heterocycles. The zero-order valence-corrected chi connectivity index (χ0v) is 36.0. The van der Waals surface area contributed by atoms with E-state index in [1.54, 1.807) is 97.1 Å². The Morgan fingerprint density at radius 1 is 0.333 bits per heavy atom. The van der Waals surface area contributed by atoms with Crippen molar-refractivity contribution in [1.29, 1.82) is 0 Å². The standard InChI is InChI=1S/C52H16Cl4N4O6/c53-29-9-25-37-27(51(65)59-35-15-23-21(13-33(35)57-49(25)59)45(61)17-5-1-3-7-19(17)47(23)63)11-31(55)41-42-32(56)12-28-38-26(10-30(54)40(44(38)42)39(29)43(37)41)50-58-34-14-22-24(16-36(34)60(50)52(28)66)48(64)20-8-4-2-6-18(20)46(22)62/h1-16H. The Kier molecular flexibility index (Phi) is 6.56. The minimum Gasteiger partial charge on any atom is -0.289 e. The maximum atomic E-state index is 14.9. The van der Waals surface area contributed by atoms with Crippen LogP contribution in [0.2, 0.25) is 20.1 Å². The van der Waals surface area contributed by atoms with Crippen molar-refractivity contribution in [3.05, 3.63) is 182 Å². The first kappa shape index (κ1) is 36.7. The first-order valence-corrected chi connectivity index (χ1v) is 22.0. The Hall–Kier alpha value is -7.60. The van der Waals surface area contributed by atoms with Crippen LogP contribution in [0.4, 0.5) is 0 Å². The van der Waals surface area contributed by atoms with Gasteiger partial charge in [-0.25, -0.2) is 9.97 Å². The average Bonchev–Trinajstić information content (AvgIpc) is 3.90. The molecule has 308 valence electrons. The van der Waals surface area contributed by atoms with Gasteiger partial charge >= 0.3 is 0 Å². The van der Waals surface area contributed by atoms with Gasteiger partial charge < -0.3 is 0 Å². The van der Waals surface area contributed by atoms with Gasteiger partial charge in [0.15, 0.2) is 23.1 Å². The number of benzene rings is 9. The molecule has 0 unspecified atom stereocenters. The molecule has 4 aromatic heterocycles. The van der Waals surface area contributed by atoms with Crippen LogP contribution in [0.1, 0.15) is 63.7 Å². The summed E-state index contributed by atoms with van der Waals surface area (Å²) in [5.41, 5.74) is 2.73. The molecule has 10 nitrogen and oxygen atoms in total. The number of carbonyl (C=O) groups is 4. The molecule has 0 atom stereocenters. The zero-order valence-electron chi connectivity index (χ0n) is 33.0. The van der Waals surface area contributed by atoms with E-state index >= 15 is 0 Å². The number of halogens is 4. The molecule has 15 rings (SSSR count). The van der Waals surface area contributed by atoms with E-state index < -0.39 is 11.1 Å². The number of carbonyl (C=O) groups excluding carboxylic acids is 4. The van der Waals surface area contributed by atoms with Crippen LogP contribution in [0, 0.1) is 0 Å². The summed E-state index contributed by atoms with van der Waals surface area (Å²) in [6, 6.07) is 26.0. The number of ketones is 4. The summed E-state index contributed by atoms with van der Waals surface area (Å²) in [5, 5.41) is 6.10. The van der Waals surface area contributed by atoms with Gasteiger partial charge in [-0.15, -0.1) is 0 Å². The minimum absolute atomic E-state index is 0.166. The monoisotopic (exact) mass is 932 g/mol. The minimum atomic E-state index is -0.469. The highest BCUT2D eigenvalue weighted by Crippen LogP contribution is 2.53. The first-order valence-electron chi connectivity index (χ1n) is 20.5. The number of fused-ring (bicyclic) bond motifs is 14. The molecule has 0 saturated carbocycles. The lowest BCUT2D eigenvalue weighted by Gasteiger charge is -2.21. The number of hydrogen-bond donors (Lipinski definition) is 0. The fraction of sp³-hybridized carbons (Fsp3) is 0. The van der Waals surface area contributed by atoms with Gasteiger partial charge in [0.1, 0.15) is 11.3 Å². The largest absolute Gasteiger partial charge is 0.289 e. The van der Waals surface area contributed by atoms with E-state index in [2.05, 4.69) is 0 Å². The maximum Gasteiger partial charge on any atom is 0.264 e. The maximum absolute atomic E-state index is 14.9. The van der Waals surface area contributed by atoms with E-state index in [-0.39, 0.29) is 98.7 Å². The van der Waals surface area contributed by atoms with Gasteiger partial charge in [-0.1, -0.05) is 94.9 Å². The Bertz CT molecular complexity index is 4500. The lowest BCUT2D eigenvalue weighted by molar-refractivity contribution is 0.0979. The summed E-state index contributed by atoms with van der Waals surface area (Å²) in [6.07, 6.45) is 0. The molecule has 0 fully saturated rings. The second-order valence-corrected chi connectivity index (χ2v) is 18.6. The number of nitrogens with zero attached hydrogens (tertiary/aromatic N) is 4. The molecule has 0 spiro atoms. The topological polar surface area (TPSA) is 137 Å². The Balaban J connectivity index is 1.06. The molecule has 2 aliphatic rings. The number of imidazole rings is 2. The van der Waals surface area contributed by atoms with Crippen LogP contribution < -0.4 is 11.1 Å². The van der Waals surface area contributed by atoms with E-state index in [9.17, 15) is 28.8 Å². The molecule has 4 heterocycles. The Morgan fingerprint density at radius 3 is 0.970 bits per heavy atom.